The largest absolute Gasteiger partial charge is 0.494 e. The van der Waals surface area contributed by atoms with Gasteiger partial charge in [-0.2, -0.15) is 0 Å². The molecule has 1 saturated carbocycles. The number of ether oxygens (including phenoxy) is 2. The van der Waals surface area contributed by atoms with Gasteiger partial charge in [-0.1, -0.05) is 18.2 Å². The van der Waals surface area contributed by atoms with Crippen LogP contribution < -0.4 is 10.5 Å². The second-order valence-electron chi connectivity index (χ2n) is 4.92. The van der Waals surface area contributed by atoms with Gasteiger partial charge in [0.1, 0.15) is 5.75 Å². The van der Waals surface area contributed by atoms with Crippen LogP contribution in [-0.2, 0) is 4.74 Å². The Hall–Kier alpha value is -1.06. The van der Waals surface area contributed by atoms with E-state index in [1.807, 2.05) is 30.3 Å². The molecule has 0 bridgehead atoms. The summed E-state index contributed by atoms with van der Waals surface area (Å²) in [5.74, 6) is 0.932. The highest BCUT2D eigenvalue weighted by Gasteiger charge is 2.18. The van der Waals surface area contributed by atoms with Gasteiger partial charge in [-0.15, -0.1) is 0 Å². The molecule has 0 amide bonds. The van der Waals surface area contributed by atoms with Crippen LogP contribution in [-0.4, -0.2) is 25.4 Å². The number of para-hydroxylation sites is 1. The third-order valence-corrected chi connectivity index (χ3v) is 3.37. The van der Waals surface area contributed by atoms with Gasteiger partial charge in [0.2, 0.25) is 0 Å². The maximum atomic E-state index is 5.86. The first-order valence-electron chi connectivity index (χ1n) is 6.89. The molecular formula is C15H23NO2. The average Bonchev–Trinajstić information content (AvgIpc) is 2.42. The predicted octanol–water partition coefficient (Wildman–Crippen LogP) is 2.74. The molecule has 0 aliphatic heterocycles. The predicted molar refractivity (Wildman–Crippen MR) is 72.7 cm³/mol. The molecule has 1 aliphatic carbocycles. The number of nitrogens with two attached hydrogens (primary N) is 1. The molecule has 0 radical (unpaired) electrons. The summed E-state index contributed by atoms with van der Waals surface area (Å²) < 4.78 is 11.4. The van der Waals surface area contributed by atoms with Crippen LogP contribution in [0, 0.1) is 0 Å². The maximum absolute atomic E-state index is 5.86. The van der Waals surface area contributed by atoms with Crippen LogP contribution in [0.3, 0.4) is 0 Å². The molecule has 1 aromatic rings. The van der Waals surface area contributed by atoms with Crippen LogP contribution in [0.2, 0.25) is 0 Å². The number of rotatable bonds is 6. The Balaban J connectivity index is 1.51. The lowest BCUT2D eigenvalue weighted by Crippen LogP contribution is -2.30. The molecule has 1 fully saturated rings. The number of benzene rings is 1. The Labute approximate surface area is 109 Å². The first-order chi connectivity index (χ1) is 8.84. The lowest BCUT2D eigenvalue weighted by atomic mass is 9.94. The Bertz CT molecular complexity index is 321. The van der Waals surface area contributed by atoms with Crippen molar-refractivity contribution in [2.75, 3.05) is 13.2 Å². The first kappa shape index (κ1) is 13.4. The zero-order valence-corrected chi connectivity index (χ0v) is 10.9. The van der Waals surface area contributed by atoms with Crippen molar-refractivity contribution in [3.05, 3.63) is 30.3 Å². The molecule has 3 heteroatoms. The standard InChI is InChI=1S/C15H23NO2/c16-13-7-9-15(10-8-13)18-12-4-11-17-14-5-2-1-3-6-14/h1-3,5-6,13,15H,4,7-12,16H2. The average molecular weight is 249 g/mol. The van der Waals surface area contributed by atoms with Crippen LogP contribution in [0.4, 0.5) is 0 Å². The lowest BCUT2D eigenvalue weighted by Gasteiger charge is -2.26. The normalized spacial score (nSPS) is 23.8. The van der Waals surface area contributed by atoms with E-state index in [0.29, 0.717) is 12.1 Å². The fraction of sp³-hybridized carbons (Fsp3) is 0.600. The van der Waals surface area contributed by atoms with Crippen LogP contribution >= 0.6 is 0 Å². The van der Waals surface area contributed by atoms with Crippen molar-refractivity contribution >= 4 is 0 Å². The van der Waals surface area contributed by atoms with Crippen LogP contribution in [0.5, 0.6) is 5.75 Å². The van der Waals surface area contributed by atoms with Gasteiger partial charge in [0, 0.05) is 12.5 Å². The zero-order valence-electron chi connectivity index (χ0n) is 10.9. The van der Waals surface area contributed by atoms with Crippen LogP contribution in [0.25, 0.3) is 0 Å². The molecule has 18 heavy (non-hydrogen) atoms. The summed E-state index contributed by atoms with van der Waals surface area (Å²) in [4.78, 5) is 0. The summed E-state index contributed by atoms with van der Waals surface area (Å²) in [5.41, 5.74) is 5.86. The van der Waals surface area contributed by atoms with E-state index < -0.39 is 0 Å². The summed E-state index contributed by atoms with van der Waals surface area (Å²) in [7, 11) is 0. The molecule has 0 heterocycles. The van der Waals surface area contributed by atoms with E-state index in [2.05, 4.69) is 0 Å². The molecule has 3 nitrogen and oxygen atoms in total. The third kappa shape index (κ3) is 4.67. The molecule has 100 valence electrons. The molecule has 0 saturated heterocycles. The van der Waals surface area contributed by atoms with Crippen molar-refractivity contribution in [1.82, 2.24) is 0 Å². The fourth-order valence-electron chi connectivity index (χ4n) is 2.27. The van der Waals surface area contributed by atoms with E-state index in [4.69, 9.17) is 15.2 Å². The van der Waals surface area contributed by atoms with Crippen LogP contribution in [0.1, 0.15) is 32.1 Å². The molecule has 2 rings (SSSR count). The van der Waals surface area contributed by atoms with Gasteiger partial charge in [0.15, 0.2) is 0 Å². The SMILES string of the molecule is NC1CCC(OCCCOc2ccccc2)CC1. The summed E-state index contributed by atoms with van der Waals surface area (Å²) in [6.45, 7) is 1.50. The Morgan fingerprint density at radius 1 is 1.00 bits per heavy atom. The smallest absolute Gasteiger partial charge is 0.119 e. The second kappa shape index (κ2) is 7.39. The van der Waals surface area contributed by atoms with Gasteiger partial charge in [-0.3, -0.25) is 0 Å². The molecule has 1 aromatic carbocycles. The molecule has 2 N–H and O–H groups in total. The van der Waals surface area contributed by atoms with Gasteiger partial charge in [0.05, 0.1) is 19.3 Å². The number of hydrogen-bond donors (Lipinski definition) is 1. The molecule has 0 atom stereocenters. The number of hydrogen-bond acceptors (Lipinski definition) is 3. The van der Waals surface area contributed by atoms with Gasteiger partial charge >= 0.3 is 0 Å². The minimum atomic E-state index is 0.395. The van der Waals surface area contributed by atoms with Crippen molar-refractivity contribution in [2.24, 2.45) is 5.73 Å². The molecule has 1 aliphatic rings. The highest BCUT2D eigenvalue weighted by atomic mass is 16.5. The highest BCUT2D eigenvalue weighted by molar-refractivity contribution is 5.20. The van der Waals surface area contributed by atoms with Crippen molar-refractivity contribution < 1.29 is 9.47 Å². The summed E-state index contributed by atoms with van der Waals surface area (Å²) in [6.07, 6.45) is 5.79. The summed E-state index contributed by atoms with van der Waals surface area (Å²) in [6, 6.07) is 10.3. The minimum Gasteiger partial charge on any atom is -0.494 e. The monoisotopic (exact) mass is 249 g/mol. The quantitative estimate of drug-likeness (QED) is 0.788. The second-order valence-corrected chi connectivity index (χ2v) is 4.92. The van der Waals surface area contributed by atoms with Crippen molar-refractivity contribution in [1.29, 1.82) is 0 Å². The first-order valence-corrected chi connectivity index (χ1v) is 6.89. The lowest BCUT2D eigenvalue weighted by molar-refractivity contribution is 0.0196. The van der Waals surface area contributed by atoms with Gasteiger partial charge in [-0.05, 0) is 37.8 Å². The van der Waals surface area contributed by atoms with E-state index in [-0.39, 0.29) is 0 Å². The van der Waals surface area contributed by atoms with E-state index in [0.717, 1.165) is 51.1 Å². The van der Waals surface area contributed by atoms with E-state index >= 15 is 0 Å². The Morgan fingerprint density at radius 2 is 1.72 bits per heavy atom. The topological polar surface area (TPSA) is 44.5 Å². The van der Waals surface area contributed by atoms with Gasteiger partial charge < -0.3 is 15.2 Å². The van der Waals surface area contributed by atoms with E-state index in [1.165, 1.54) is 0 Å². The molecule has 0 spiro atoms. The third-order valence-electron chi connectivity index (χ3n) is 3.37. The highest BCUT2D eigenvalue weighted by Crippen LogP contribution is 2.19. The summed E-state index contributed by atoms with van der Waals surface area (Å²) >= 11 is 0. The zero-order chi connectivity index (χ0) is 12.6. The van der Waals surface area contributed by atoms with E-state index in [1.54, 1.807) is 0 Å². The van der Waals surface area contributed by atoms with Crippen molar-refractivity contribution in [3.8, 4) is 5.75 Å². The van der Waals surface area contributed by atoms with Gasteiger partial charge in [-0.25, -0.2) is 0 Å². The molecule has 0 unspecified atom stereocenters. The van der Waals surface area contributed by atoms with Crippen LogP contribution in [0.15, 0.2) is 30.3 Å². The Morgan fingerprint density at radius 3 is 2.44 bits per heavy atom. The van der Waals surface area contributed by atoms with Crippen molar-refractivity contribution in [3.63, 3.8) is 0 Å². The fourth-order valence-corrected chi connectivity index (χ4v) is 2.27. The summed E-state index contributed by atoms with van der Waals surface area (Å²) in [5, 5.41) is 0. The van der Waals surface area contributed by atoms with Crippen molar-refractivity contribution in [2.45, 2.75) is 44.2 Å². The molecule has 0 aromatic heterocycles. The Kier molecular flexibility index (Phi) is 5.49. The van der Waals surface area contributed by atoms with Gasteiger partial charge in [0.25, 0.3) is 0 Å². The van der Waals surface area contributed by atoms with E-state index in [9.17, 15) is 0 Å². The molecular weight excluding hydrogens is 226 g/mol. The minimum absolute atomic E-state index is 0.395. The maximum Gasteiger partial charge on any atom is 0.119 e.